The highest BCUT2D eigenvalue weighted by Crippen LogP contribution is 2.24. The fourth-order valence-corrected chi connectivity index (χ4v) is 4.12. The topological polar surface area (TPSA) is 96.3 Å². The van der Waals surface area contributed by atoms with Gasteiger partial charge in [0.1, 0.15) is 0 Å². The smallest absolute Gasteiger partial charge is 0.254 e. The first-order chi connectivity index (χ1) is 13.4. The van der Waals surface area contributed by atoms with E-state index in [2.05, 4.69) is 15.7 Å². The standard InChI is InChI=1S/C19H25N5O3S/c1-13(25)21-16(17-4-3-9-28-17)10-18(26)24-7-5-15(6-8-24)22-19(27)14-11-20-23(2)12-14/h3-4,9,11-12,15-16H,5-8,10H2,1-2H3,(H,21,25)(H,22,27). The van der Waals surface area contributed by atoms with Crippen molar-refractivity contribution in [1.29, 1.82) is 0 Å². The molecule has 0 radical (unpaired) electrons. The van der Waals surface area contributed by atoms with Crippen LogP contribution in [0.4, 0.5) is 0 Å². The first-order valence-electron chi connectivity index (χ1n) is 9.30. The maximum Gasteiger partial charge on any atom is 0.254 e. The van der Waals surface area contributed by atoms with E-state index in [-0.39, 0.29) is 36.2 Å². The average molecular weight is 404 g/mol. The number of amides is 3. The van der Waals surface area contributed by atoms with Crippen molar-refractivity contribution < 1.29 is 14.4 Å². The Hall–Kier alpha value is -2.68. The Morgan fingerprint density at radius 2 is 2.07 bits per heavy atom. The number of piperidine rings is 1. The van der Waals surface area contributed by atoms with Crippen LogP contribution in [0.2, 0.25) is 0 Å². The molecule has 150 valence electrons. The zero-order chi connectivity index (χ0) is 20.1. The summed E-state index contributed by atoms with van der Waals surface area (Å²) in [6.07, 6.45) is 4.89. The zero-order valence-corrected chi connectivity index (χ0v) is 16.9. The van der Waals surface area contributed by atoms with Crippen molar-refractivity contribution in [1.82, 2.24) is 25.3 Å². The summed E-state index contributed by atoms with van der Waals surface area (Å²) >= 11 is 1.53. The maximum atomic E-state index is 12.7. The van der Waals surface area contributed by atoms with Gasteiger partial charge in [-0.15, -0.1) is 11.3 Å². The summed E-state index contributed by atoms with van der Waals surface area (Å²) in [7, 11) is 1.77. The van der Waals surface area contributed by atoms with E-state index in [9.17, 15) is 14.4 Å². The fraction of sp³-hybridized carbons (Fsp3) is 0.474. The van der Waals surface area contributed by atoms with Crippen LogP contribution in [0, 0.1) is 0 Å². The van der Waals surface area contributed by atoms with Crippen molar-refractivity contribution in [3.05, 3.63) is 40.3 Å². The van der Waals surface area contributed by atoms with E-state index in [1.807, 2.05) is 22.4 Å². The van der Waals surface area contributed by atoms with Crippen LogP contribution in [0.5, 0.6) is 0 Å². The number of carbonyl (C=O) groups is 3. The molecule has 0 saturated carbocycles. The largest absolute Gasteiger partial charge is 0.349 e. The number of rotatable bonds is 6. The number of nitrogens with zero attached hydrogens (tertiary/aromatic N) is 3. The van der Waals surface area contributed by atoms with Crippen LogP contribution in [0.1, 0.15) is 47.5 Å². The highest BCUT2D eigenvalue weighted by atomic mass is 32.1. The SMILES string of the molecule is CC(=O)NC(CC(=O)N1CCC(NC(=O)c2cnn(C)c2)CC1)c1cccs1. The molecule has 2 aromatic rings. The molecule has 1 unspecified atom stereocenters. The second-order valence-electron chi connectivity index (χ2n) is 7.00. The minimum absolute atomic E-state index is 0.0178. The first kappa shape index (κ1) is 20.1. The van der Waals surface area contributed by atoms with Gasteiger partial charge in [0.05, 0.1) is 24.2 Å². The van der Waals surface area contributed by atoms with Gasteiger partial charge in [-0.2, -0.15) is 5.10 Å². The van der Waals surface area contributed by atoms with Crippen molar-refractivity contribution in [2.75, 3.05) is 13.1 Å². The second kappa shape index (κ2) is 9.01. The van der Waals surface area contributed by atoms with Gasteiger partial charge in [-0.3, -0.25) is 19.1 Å². The van der Waals surface area contributed by atoms with Crippen LogP contribution >= 0.6 is 11.3 Å². The number of aromatic nitrogens is 2. The highest BCUT2D eigenvalue weighted by Gasteiger charge is 2.27. The summed E-state index contributed by atoms with van der Waals surface area (Å²) < 4.78 is 1.59. The number of likely N-dealkylation sites (tertiary alicyclic amines) is 1. The van der Waals surface area contributed by atoms with E-state index >= 15 is 0 Å². The Labute approximate surface area is 167 Å². The average Bonchev–Trinajstić information content (AvgIpc) is 3.33. The lowest BCUT2D eigenvalue weighted by Crippen LogP contribution is -2.47. The lowest BCUT2D eigenvalue weighted by atomic mass is 10.0. The molecule has 9 heteroatoms. The third kappa shape index (κ3) is 5.19. The fourth-order valence-electron chi connectivity index (χ4n) is 3.34. The van der Waals surface area contributed by atoms with Gasteiger partial charge in [0.2, 0.25) is 11.8 Å². The highest BCUT2D eigenvalue weighted by molar-refractivity contribution is 7.10. The molecule has 0 bridgehead atoms. The summed E-state index contributed by atoms with van der Waals surface area (Å²) in [4.78, 5) is 39.2. The van der Waals surface area contributed by atoms with Crippen LogP contribution in [-0.2, 0) is 16.6 Å². The monoisotopic (exact) mass is 403 g/mol. The Balaban J connectivity index is 1.50. The molecule has 0 spiro atoms. The molecule has 1 saturated heterocycles. The Bertz CT molecular complexity index is 825. The van der Waals surface area contributed by atoms with Gasteiger partial charge >= 0.3 is 0 Å². The predicted molar refractivity (Wildman–Crippen MR) is 106 cm³/mol. The lowest BCUT2D eigenvalue weighted by molar-refractivity contribution is -0.133. The number of thiophene rings is 1. The van der Waals surface area contributed by atoms with E-state index in [4.69, 9.17) is 0 Å². The van der Waals surface area contributed by atoms with E-state index < -0.39 is 0 Å². The van der Waals surface area contributed by atoms with Crippen molar-refractivity contribution in [2.24, 2.45) is 7.05 Å². The molecule has 28 heavy (non-hydrogen) atoms. The second-order valence-corrected chi connectivity index (χ2v) is 7.98. The van der Waals surface area contributed by atoms with Crippen LogP contribution in [0.25, 0.3) is 0 Å². The normalized spacial score (nSPS) is 15.9. The van der Waals surface area contributed by atoms with Gasteiger partial charge < -0.3 is 15.5 Å². The number of nitrogens with one attached hydrogen (secondary N) is 2. The molecule has 3 heterocycles. The molecule has 2 aromatic heterocycles. The van der Waals surface area contributed by atoms with Crippen LogP contribution in [0.3, 0.4) is 0 Å². The summed E-state index contributed by atoms with van der Waals surface area (Å²) in [5, 5.41) is 11.8. The first-order valence-corrected chi connectivity index (χ1v) is 10.2. The Morgan fingerprint density at radius 3 is 2.64 bits per heavy atom. The van der Waals surface area contributed by atoms with E-state index in [1.54, 1.807) is 24.1 Å². The van der Waals surface area contributed by atoms with Gasteiger partial charge in [-0.05, 0) is 24.3 Å². The van der Waals surface area contributed by atoms with E-state index in [1.165, 1.54) is 18.3 Å². The van der Waals surface area contributed by atoms with Gasteiger partial charge in [-0.1, -0.05) is 6.07 Å². The zero-order valence-electron chi connectivity index (χ0n) is 16.1. The molecule has 3 amide bonds. The third-order valence-corrected chi connectivity index (χ3v) is 5.78. The number of aryl methyl sites for hydroxylation is 1. The Morgan fingerprint density at radius 1 is 1.32 bits per heavy atom. The molecule has 2 N–H and O–H groups in total. The van der Waals surface area contributed by atoms with Crippen molar-refractivity contribution in [3.63, 3.8) is 0 Å². The van der Waals surface area contributed by atoms with Gasteiger partial charge in [0.25, 0.3) is 5.91 Å². The maximum absolute atomic E-state index is 12.7. The quantitative estimate of drug-likeness (QED) is 0.763. The third-order valence-electron chi connectivity index (χ3n) is 4.79. The van der Waals surface area contributed by atoms with Crippen LogP contribution in [-0.4, -0.2) is 51.5 Å². The van der Waals surface area contributed by atoms with E-state index in [0.29, 0.717) is 31.5 Å². The summed E-state index contributed by atoms with van der Waals surface area (Å²) in [6.45, 7) is 2.64. The molecule has 1 aliphatic rings. The summed E-state index contributed by atoms with van der Waals surface area (Å²) in [5.74, 6) is -0.270. The number of hydrogen-bond acceptors (Lipinski definition) is 5. The summed E-state index contributed by atoms with van der Waals surface area (Å²) in [6, 6.07) is 3.59. The molecular weight excluding hydrogens is 378 g/mol. The number of hydrogen-bond donors (Lipinski definition) is 2. The van der Waals surface area contributed by atoms with E-state index in [0.717, 1.165) is 4.88 Å². The lowest BCUT2D eigenvalue weighted by Gasteiger charge is -2.33. The Kier molecular flexibility index (Phi) is 6.45. The molecule has 0 aliphatic carbocycles. The summed E-state index contributed by atoms with van der Waals surface area (Å²) in [5.41, 5.74) is 0.537. The van der Waals surface area contributed by atoms with Crippen LogP contribution in [0.15, 0.2) is 29.9 Å². The van der Waals surface area contributed by atoms with Crippen LogP contribution < -0.4 is 10.6 Å². The molecule has 1 fully saturated rings. The number of carbonyl (C=O) groups excluding carboxylic acids is 3. The molecule has 8 nitrogen and oxygen atoms in total. The van der Waals surface area contributed by atoms with Gasteiger partial charge in [0.15, 0.2) is 0 Å². The molecule has 0 aromatic carbocycles. The minimum Gasteiger partial charge on any atom is -0.349 e. The minimum atomic E-state index is -0.298. The van der Waals surface area contributed by atoms with Crippen molar-refractivity contribution >= 4 is 29.1 Å². The predicted octanol–water partition coefficient (Wildman–Crippen LogP) is 1.47. The van der Waals surface area contributed by atoms with Crippen molar-refractivity contribution in [3.8, 4) is 0 Å². The van der Waals surface area contributed by atoms with Gasteiger partial charge in [0, 0.05) is 44.2 Å². The van der Waals surface area contributed by atoms with Crippen molar-refractivity contribution in [2.45, 2.75) is 38.3 Å². The molecule has 3 rings (SSSR count). The van der Waals surface area contributed by atoms with Gasteiger partial charge in [-0.25, -0.2) is 0 Å². The molecular formula is C19H25N5O3S. The molecule has 1 atom stereocenters. The molecule has 1 aliphatic heterocycles.